The minimum absolute atomic E-state index is 0.147. The van der Waals surface area contributed by atoms with Crippen LogP contribution in [0.3, 0.4) is 0 Å². The van der Waals surface area contributed by atoms with Crippen LogP contribution in [0.2, 0.25) is 0 Å². The maximum atomic E-state index is 12.2. The van der Waals surface area contributed by atoms with Gasteiger partial charge in [-0.2, -0.15) is 0 Å². The van der Waals surface area contributed by atoms with Gasteiger partial charge < -0.3 is 10.1 Å². The highest BCUT2D eigenvalue weighted by Gasteiger charge is 2.16. The Kier molecular flexibility index (Phi) is 4.99. The molecule has 110 valence electrons. The lowest BCUT2D eigenvalue weighted by molar-refractivity contribution is -0.122. The van der Waals surface area contributed by atoms with Gasteiger partial charge in [-0.15, -0.1) is 0 Å². The third kappa shape index (κ3) is 4.09. The monoisotopic (exact) mass is 283 g/mol. The first-order chi connectivity index (χ1) is 10.1. The zero-order valence-electron chi connectivity index (χ0n) is 12.7. The second-order valence-corrected chi connectivity index (χ2v) is 5.08. The summed E-state index contributed by atoms with van der Waals surface area (Å²) in [6, 6.07) is 15.5. The zero-order valence-corrected chi connectivity index (χ0v) is 12.7. The molecule has 0 radical (unpaired) electrons. The van der Waals surface area contributed by atoms with E-state index >= 15 is 0 Å². The fourth-order valence-corrected chi connectivity index (χ4v) is 2.12. The first-order valence-corrected chi connectivity index (χ1v) is 7.22. The van der Waals surface area contributed by atoms with E-state index in [9.17, 15) is 4.79 Å². The molecule has 0 bridgehead atoms. The Balaban J connectivity index is 2.02. The lowest BCUT2D eigenvalue weighted by Gasteiger charge is -2.17. The molecule has 1 amide bonds. The average Bonchev–Trinajstić information content (AvgIpc) is 2.47. The molecule has 2 aromatic rings. The van der Waals surface area contributed by atoms with Crippen molar-refractivity contribution in [3.05, 3.63) is 59.7 Å². The molecule has 0 spiro atoms. The van der Waals surface area contributed by atoms with Crippen LogP contribution in [0.15, 0.2) is 48.5 Å². The van der Waals surface area contributed by atoms with E-state index in [4.69, 9.17) is 4.74 Å². The molecule has 1 unspecified atom stereocenters. The molecular formula is C18H21NO2. The van der Waals surface area contributed by atoms with Crippen LogP contribution in [0.1, 0.15) is 25.0 Å². The number of para-hydroxylation sites is 1. The maximum Gasteiger partial charge on any atom is 0.265 e. The van der Waals surface area contributed by atoms with E-state index in [1.165, 1.54) is 0 Å². The number of benzene rings is 2. The Morgan fingerprint density at radius 1 is 1.19 bits per heavy atom. The van der Waals surface area contributed by atoms with Crippen molar-refractivity contribution >= 4 is 11.6 Å². The number of rotatable bonds is 5. The lowest BCUT2D eigenvalue weighted by atomic mass is 10.1. The molecule has 3 nitrogen and oxygen atoms in total. The molecule has 0 aliphatic rings. The number of amides is 1. The van der Waals surface area contributed by atoms with Crippen molar-refractivity contribution in [2.45, 2.75) is 33.3 Å². The average molecular weight is 283 g/mol. The summed E-state index contributed by atoms with van der Waals surface area (Å²) in [7, 11) is 0. The topological polar surface area (TPSA) is 38.3 Å². The Morgan fingerprint density at radius 3 is 2.67 bits per heavy atom. The van der Waals surface area contributed by atoms with Gasteiger partial charge >= 0.3 is 0 Å². The number of nitrogens with one attached hydrogen (secondary N) is 1. The SMILES string of the molecule is CCc1ccccc1OC(C)C(=O)Nc1cccc(C)c1. The number of anilines is 1. The molecule has 1 N–H and O–H groups in total. The van der Waals surface area contributed by atoms with E-state index < -0.39 is 6.10 Å². The molecule has 0 heterocycles. The van der Waals surface area contributed by atoms with Crippen LogP contribution in [-0.2, 0) is 11.2 Å². The summed E-state index contributed by atoms with van der Waals surface area (Å²) in [4.78, 5) is 12.2. The number of hydrogen-bond acceptors (Lipinski definition) is 2. The van der Waals surface area contributed by atoms with Crippen LogP contribution < -0.4 is 10.1 Å². The molecule has 2 rings (SSSR count). The van der Waals surface area contributed by atoms with Crippen LogP contribution in [0.5, 0.6) is 5.75 Å². The Bertz CT molecular complexity index is 622. The van der Waals surface area contributed by atoms with Gasteiger partial charge in [0.15, 0.2) is 6.10 Å². The van der Waals surface area contributed by atoms with Gasteiger partial charge in [-0.05, 0) is 49.6 Å². The Labute approximate surface area is 126 Å². The minimum atomic E-state index is -0.543. The van der Waals surface area contributed by atoms with Crippen molar-refractivity contribution in [3.63, 3.8) is 0 Å². The van der Waals surface area contributed by atoms with Gasteiger partial charge in [0, 0.05) is 5.69 Å². The molecular weight excluding hydrogens is 262 g/mol. The number of ether oxygens (including phenoxy) is 1. The normalized spacial score (nSPS) is 11.8. The second kappa shape index (κ2) is 6.93. The molecule has 0 aromatic heterocycles. The van der Waals surface area contributed by atoms with Crippen LogP contribution >= 0.6 is 0 Å². The van der Waals surface area contributed by atoms with E-state index in [1.807, 2.05) is 55.5 Å². The van der Waals surface area contributed by atoms with E-state index in [0.717, 1.165) is 29.0 Å². The van der Waals surface area contributed by atoms with Crippen LogP contribution in [0.25, 0.3) is 0 Å². The van der Waals surface area contributed by atoms with E-state index in [0.29, 0.717) is 0 Å². The number of carbonyl (C=O) groups is 1. The summed E-state index contributed by atoms with van der Waals surface area (Å²) in [6.07, 6.45) is 0.334. The minimum Gasteiger partial charge on any atom is -0.481 e. The van der Waals surface area contributed by atoms with Crippen LogP contribution in [0.4, 0.5) is 5.69 Å². The van der Waals surface area contributed by atoms with Gasteiger partial charge in [0.2, 0.25) is 0 Å². The molecule has 21 heavy (non-hydrogen) atoms. The molecule has 0 saturated carbocycles. The van der Waals surface area contributed by atoms with E-state index in [2.05, 4.69) is 12.2 Å². The fourth-order valence-electron chi connectivity index (χ4n) is 2.12. The van der Waals surface area contributed by atoms with Crippen molar-refractivity contribution in [1.29, 1.82) is 0 Å². The first-order valence-electron chi connectivity index (χ1n) is 7.22. The number of aryl methyl sites for hydroxylation is 2. The van der Waals surface area contributed by atoms with Gasteiger partial charge in [0.25, 0.3) is 5.91 Å². The van der Waals surface area contributed by atoms with Crippen molar-refractivity contribution in [1.82, 2.24) is 0 Å². The van der Waals surface area contributed by atoms with Gasteiger partial charge in [0.1, 0.15) is 5.75 Å². The van der Waals surface area contributed by atoms with Crippen molar-refractivity contribution < 1.29 is 9.53 Å². The largest absolute Gasteiger partial charge is 0.481 e. The highest BCUT2D eigenvalue weighted by atomic mass is 16.5. The Hall–Kier alpha value is -2.29. The maximum absolute atomic E-state index is 12.2. The predicted molar refractivity (Wildman–Crippen MR) is 85.7 cm³/mol. The summed E-state index contributed by atoms with van der Waals surface area (Å²) in [6.45, 7) is 5.82. The first kappa shape index (κ1) is 15.1. The number of hydrogen-bond donors (Lipinski definition) is 1. The molecule has 3 heteroatoms. The van der Waals surface area contributed by atoms with E-state index in [-0.39, 0.29) is 5.91 Å². The summed E-state index contributed by atoms with van der Waals surface area (Å²) in [5.41, 5.74) is 3.00. The lowest BCUT2D eigenvalue weighted by Crippen LogP contribution is -2.30. The molecule has 0 aliphatic carbocycles. The smallest absolute Gasteiger partial charge is 0.265 e. The van der Waals surface area contributed by atoms with Gasteiger partial charge in [-0.25, -0.2) is 0 Å². The Morgan fingerprint density at radius 2 is 1.95 bits per heavy atom. The van der Waals surface area contributed by atoms with Gasteiger partial charge in [-0.1, -0.05) is 37.3 Å². The summed E-state index contributed by atoms with van der Waals surface area (Å²) in [5.74, 6) is 0.624. The second-order valence-electron chi connectivity index (χ2n) is 5.08. The fraction of sp³-hybridized carbons (Fsp3) is 0.278. The van der Waals surface area contributed by atoms with E-state index in [1.54, 1.807) is 6.92 Å². The quantitative estimate of drug-likeness (QED) is 0.902. The highest BCUT2D eigenvalue weighted by molar-refractivity contribution is 5.94. The molecule has 0 fully saturated rings. The molecule has 0 aliphatic heterocycles. The zero-order chi connectivity index (χ0) is 15.2. The van der Waals surface area contributed by atoms with Crippen molar-refractivity contribution in [2.24, 2.45) is 0 Å². The highest BCUT2D eigenvalue weighted by Crippen LogP contribution is 2.20. The summed E-state index contributed by atoms with van der Waals surface area (Å²) in [5, 5.41) is 2.88. The summed E-state index contributed by atoms with van der Waals surface area (Å²) < 4.78 is 5.79. The molecule has 2 aromatic carbocycles. The number of carbonyl (C=O) groups excluding carboxylic acids is 1. The van der Waals surface area contributed by atoms with Crippen molar-refractivity contribution in [3.8, 4) is 5.75 Å². The predicted octanol–water partition coefficient (Wildman–Crippen LogP) is 3.96. The van der Waals surface area contributed by atoms with Crippen molar-refractivity contribution in [2.75, 3.05) is 5.32 Å². The third-order valence-electron chi connectivity index (χ3n) is 3.31. The van der Waals surface area contributed by atoms with Crippen LogP contribution in [0, 0.1) is 6.92 Å². The van der Waals surface area contributed by atoms with Gasteiger partial charge in [0.05, 0.1) is 0 Å². The third-order valence-corrected chi connectivity index (χ3v) is 3.31. The van der Waals surface area contributed by atoms with Gasteiger partial charge in [-0.3, -0.25) is 4.79 Å². The standard InChI is InChI=1S/C18H21NO2/c1-4-15-9-5-6-11-17(15)21-14(3)18(20)19-16-10-7-8-13(2)12-16/h5-12,14H,4H2,1-3H3,(H,19,20). The molecule has 0 saturated heterocycles. The van der Waals surface area contributed by atoms with Crippen LogP contribution in [-0.4, -0.2) is 12.0 Å². The molecule has 1 atom stereocenters. The summed E-state index contributed by atoms with van der Waals surface area (Å²) >= 11 is 0.